The number of fused-ring (bicyclic) bond motifs is 1. The molecule has 0 bridgehead atoms. The fourth-order valence-electron chi connectivity index (χ4n) is 2.15. The number of aromatic nitrogens is 4. The lowest BCUT2D eigenvalue weighted by atomic mass is 10.1. The molecule has 3 aromatic rings. The monoisotopic (exact) mass is 326 g/mol. The normalized spacial score (nSPS) is 11.7. The Hall–Kier alpha value is -3.42. The molecule has 0 saturated carbocycles. The number of aliphatic hydroxyl groups excluding tert-OH is 1. The number of ether oxygens (including phenoxy) is 1. The van der Waals surface area contributed by atoms with Crippen molar-refractivity contribution in [1.29, 1.82) is 0 Å². The molecule has 24 heavy (non-hydrogen) atoms. The number of nitrogens with one attached hydrogen (secondary N) is 1. The van der Waals surface area contributed by atoms with Crippen molar-refractivity contribution >= 4 is 17.6 Å². The van der Waals surface area contributed by atoms with Gasteiger partial charge in [0.1, 0.15) is 17.2 Å². The Balaban J connectivity index is 2.09. The summed E-state index contributed by atoms with van der Waals surface area (Å²) in [4.78, 5) is 32.0. The Morgan fingerprint density at radius 1 is 1.25 bits per heavy atom. The van der Waals surface area contributed by atoms with Gasteiger partial charge in [0.05, 0.1) is 7.11 Å². The molecular weight excluding hydrogens is 312 g/mol. The Morgan fingerprint density at radius 2 is 1.96 bits per heavy atom. The molecule has 8 heteroatoms. The predicted molar refractivity (Wildman–Crippen MR) is 88.1 cm³/mol. The number of methoxy groups -OCH3 is 1. The molecule has 0 atom stereocenters. The summed E-state index contributed by atoms with van der Waals surface area (Å²) in [5.41, 5.74) is -0.131. The van der Waals surface area contributed by atoms with Crippen LogP contribution >= 0.6 is 0 Å². The Morgan fingerprint density at radius 3 is 2.62 bits per heavy atom. The average Bonchev–Trinajstić information content (AvgIpc) is 2.56. The molecule has 1 aromatic carbocycles. The van der Waals surface area contributed by atoms with E-state index in [-0.39, 0.29) is 17.2 Å². The van der Waals surface area contributed by atoms with Crippen LogP contribution in [-0.4, -0.2) is 31.8 Å². The van der Waals surface area contributed by atoms with Gasteiger partial charge in [-0.2, -0.15) is 4.52 Å². The lowest BCUT2D eigenvalue weighted by molar-refractivity contribution is 0.414. The SMILES string of the molecule is COc1ccc(/C(O)=C\c2nc3nc(C)cc(=O)n3[nH]c2=O)cc1. The van der Waals surface area contributed by atoms with Crippen molar-refractivity contribution in [3.63, 3.8) is 0 Å². The highest BCUT2D eigenvalue weighted by Crippen LogP contribution is 2.17. The second kappa shape index (κ2) is 5.99. The van der Waals surface area contributed by atoms with Gasteiger partial charge in [-0.15, -0.1) is 0 Å². The summed E-state index contributed by atoms with van der Waals surface area (Å²) < 4.78 is 6.00. The van der Waals surface area contributed by atoms with Gasteiger partial charge in [0.25, 0.3) is 16.9 Å². The fraction of sp³-hybridized carbons (Fsp3) is 0.125. The zero-order valence-corrected chi connectivity index (χ0v) is 13.0. The molecule has 2 aromatic heterocycles. The van der Waals surface area contributed by atoms with E-state index in [1.54, 1.807) is 38.3 Å². The van der Waals surface area contributed by atoms with Gasteiger partial charge in [-0.1, -0.05) is 0 Å². The molecule has 2 N–H and O–H groups in total. The Kier molecular flexibility index (Phi) is 3.87. The highest BCUT2D eigenvalue weighted by atomic mass is 16.5. The van der Waals surface area contributed by atoms with Crippen molar-refractivity contribution in [3.8, 4) is 5.75 Å². The molecule has 0 amide bonds. The molecular formula is C16H14N4O4. The van der Waals surface area contributed by atoms with Crippen molar-refractivity contribution in [2.75, 3.05) is 7.11 Å². The Labute approximate surface area is 135 Å². The number of hydrogen-bond donors (Lipinski definition) is 2. The molecule has 3 rings (SSSR count). The van der Waals surface area contributed by atoms with Crippen LogP contribution in [0.1, 0.15) is 17.0 Å². The zero-order chi connectivity index (χ0) is 17.3. The smallest absolute Gasteiger partial charge is 0.289 e. The average molecular weight is 326 g/mol. The Bertz CT molecular complexity index is 1050. The molecule has 2 heterocycles. The molecule has 0 aliphatic carbocycles. The number of benzene rings is 1. The predicted octanol–water partition coefficient (Wildman–Crippen LogP) is 1.15. The van der Waals surface area contributed by atoms with E-state index in [0.29, 0.717) is 17.0 Å². The van der Waals surface area contributed by atoms with Gasteiger partial charge in [-0.25, -0.2) is 9.97 Å². The number of aryl methyl sites for hydroxylation is 1. The second-order valence-electron chi connectivity index (χ2n) is 5.07. The summed E-state index contributed by atoms with van der Waals surface area (Å²) in [7, 11) is 1.54. The highest BCUT2D eigenvalue weighted by Gasteiger charge is 2.08. The first kappa shape index (κ1) is 15.5. The number of rotatable bonds is 3. The summed E-state index contributed by atoms with van der Waals surface area (Å²) >= 11 is 0. The zero-order valence-electron chi connectivity index (χ0n) is 13.0. The van der Waals surface area contributed by atoms with Crippen LogP contribution in [0, 0.1) is 6.92 Å². The van der Waals surface area contributed by atoms with E-state index in [9.17, 15) is 14.7 Å². The van der Waals surface area contributed by atoms with Crippen LogP contribution in [0.3, 0.4) is 0 Å². The second-order valence-corrected chi connectivity index (χ2v) is 5.07. The largest absolute Gasteiger partial charge is 0.507 e. The van der Waals surface area contributed by atoms with Gasteiger partial charge >= 0.3 is 0 Å². The number of aliphatic hydroxyl groups is 1. The molecule has 122 valence electrons. The summed E-state index contributed by atoms with van der Waals surface area (Å²) in [6.07, 6.45) is 1.22. The number of hydrogen-bond acceptors (Lipinski definition) is 6. The van der Waals surface area contributed by atoms with Gasteiger partial charge in [-0.05, 0) is 31.2 Å². The molecule has 8 nitrogen and oxygen atoms in total. The third-order valence-corrected chi connectivity index (χ3v) is 3.35. The van der Waals surface area contributed by atoms with Gasteiger partial charge in [0, 0.05) is 23.4 Å². The van der Waals surface area contributed by atoms with Gasteiger partial charge in [0.2, 0.25) is 0 Å². The first-order valence-corrected chi connectivity index (χ1v) is 7.04. The van der Waals surface area contributed by atoms with Crippen LogP contribution in [0.25, 0.3) is 17.6 Å². The van der Waals surface area contributed by atoms with Crippen molar-refractivity contribution in [3.05, 3.63) is 68.0 Å². The van der Waals surface area contributed by atoms with E-state index >= 15 is 0 Å². The molecule has 0 spiro atoms. The van der Waals surface area contributed by atoms with Crippen LogP contribution < -0.4 is 15.9 Å². The van der Waals surface area contributed by atoms with Gasteiger partial charge in [0.15, 0.2) is 0 Å². The maximum atomic E-state index is 12.1. The van der Waals surface area contributed by atoms with Crippen LogP contribution in [0.4, 0.5) is 0 Å². The van der Waals surface area contributed by atoms with E-state index in [0.717, 1.165) is 4.52 Å². The minimum absolute atomic E-state index is 0.0494. The molecule has 0 unspecified atom stereocenters. The first-order chi connectivity index (χ1) is 11.5. The maximum absolute atomic E-state index is 12.1. The minimum atomic E-state index is -0.615. The lowest BCUT2D eigenvalue weighted by Gasteiger charge is -2.04. The van der Waals surface area contributed by atoms with E-state index in [4.69, 9.17) is 4.74 Å². The summed E-state index contributed by atoms with van der Waals surface area (Å²) in [6, 6.07) is 7.94. The molecule has 0 radical (unpaired) electrons. The summed E-state index contributed by atoms with van der Waals surface area (Å²) in [5.74, 6) is 0.552. The third kappa shape index (κ3) is 2.89. The quantitative estimate of drug-likeness (QED) is 0.699. The van der Waals surface area contributed by atoms with Crippen molar-refractivity contribution in [2.45, 2.75) is 6.92 Å². The van der Waals surface area contributed by atoms with Crippen molar-refractivity contribution in [2.24, 2.45) is 0 Å². The maximum Gasteiger partial charge on any atom is 0.289 e. The van der Waals surface area contributed by atoms with Crippen LogP contribution in [0.5, 0.6) is 5.75 Å². The number of aromatic amines is 1. The number of H-pyrrole nitrogens is 1. The molecule has 0 aliphatic rings. The van der Waals surface area contributed by atoms with Gasteiger partial charge < -0.3 is 9.84 Å². The molecule has 0 saturated heterocycles. The fourth-order valence-corrected chi connectivity index (χ4v) is 2.15. The molecule has 0 aliphatic heterocycles. The van der Waals surface area contributed by atoms with E-state index < -0.39 is 11.1 Å². The standard InChI is InChI=1S/C16H14N4O4/c1-9-7-14(22)20-16(17-9)18-12(15(23)19-20)8-13(21)10-3-5-11(24-2)6-4-10/h3-8,21H,1-2H3,(H,19,23)/b13-8+. The minimum Gasteiger partial charge on any atom is -0.507 e. The first-order valence-electron chi connectivity index (χ1n) is 7.04. The van der Waals surface area contributed by atoms with Gasteiger partial charge in [-0.3, -0.25) is 14.7 Å². The summed E-state index contributed by atoms with van der Waals surface area (Å²) in [6.45, 7) is 1.65. The van der Waals surface area contributed by atoms with E-state index in [1.807, 2.05) is 0 Å². The highest BCUT2D eigenvalue weighted by molar-refractivity contribution is 5.75. The van der Waals surface area contributed by atoms with Crippen LogP contribution in [0.2, 0.25) is 0 Å². The lowest BCUT2D eigenvalue weighted by Crippen LogP contribution is -2.26. The summed E-state index contributed by atoms with van der Waals surface area (Å²) in [5, 5.41) is 12.6. The van der Waals surface area contributed by atoms with E-state index in [1.165, 1.54) is 12.1 Å². The molecule has 0 fully saturated rings. The topological polar surface area (TPSA) is 110 Å². The van der Waals surface area contributed by atoms with Crippen molar-refractivity contribution < 1.29 is 9.84 Å². The van der Waals surface area contributed by atoms with E-state index in [2.05, 4.69) is 15.1 Å². The van der Waals surface area contributed by atoms with Crippen molar-refractivity contribution in [1.82, 2.24) is 19.6 Å². The number of nitrogens with zero attached hydrogens (tertiary/aromatic N) is 3. The van der Waals surface area contributed by atoms with Crippen LogP contribution in [0.15, 0.2) is 39.9 Å². The third-order valence-electron chi connectivity index (χ3n) is 3.35. The van der Waals surface area contributed by atoms with Crippen LogP contribution in [-0.2, 0) is 0 Å².